The molecule has 0 aliphatic heterocycles. The van der Waals surface area contributed by atoms with Gasteiger partial charge in [-0.05, 0) is 30.7 Å². The van der Waals surface area contributed by atoms with Crippen LogP contribution in [0.25, 0.3) is 11.0 Å². The van der Waals surface area contributed by atoms with E-state index < -0.39 is 0 Å². The fraction of sp³-hybridized carbons (Fsp3) is 0.286. The number of nitrogens with zero attached hydrogens (tertiary/aromatic N) is 4. The summed E-state index contributed by atoms with van der Waals surface area (Å²) < 4.78 is 3.94. The molecule has 0 amide bonds. The van der Waals surface area contributed by atoms with E-state index in [1.807, 2.05) is 39.7 Å². The van der Waals surface area contributed by atoms with Crippen molar-refractivity contribution >= 4 is 16.7 Å². The van der Waals surface area contributed by atoms with E-state index >= 15 is 0 Å². The molecule has 0 saturated carbocycles. The predicted octanol–water partition coefficient (Wildman–Crippen LogP) is 1.40. The Labute approximate surface area is 116 Å². The zero-order valence-electron chi connectivity index (χ0n) is 11.1. The smallest absolute Gasteiger partial charge is 0.135 e. The van der Waals surface area contributed by atoms with Crippen LogP contribution in [0.5, 0.6) is 0 Å². The number of nitrogens with two attached hydrogens (primary N) is 1. The van der Waals surface area contributed by atoms with Crippen molar-refractivity contribution < 1.29 is 5.11 Å². The van der Waals surface area contributed by atoms with Crippen molar-refractivity contribution in [3.8, 4) is 0 Å². The van der Waals surface area contributed by atoms with Gasteiger partial charge in [0.15, 0.2) is 0 Å². The van der Waals surface area contributed by atoms with Crippen LogP contribution in [0.15, 0.2) is 36.7 Å². The lowest BCUT2D eigenvalue weighted by molar-refractivity contribution is 0.265. The third-order valence-electron chi connectivity index (χ3n) is 3.32. The summed E-state index contributed by atoms with van der Waals surface area (Å²) in [6.45, 7) is 1.55. The third-order valence-corrected chi connectivity index (χ3v) is 3.32. The van der Waals surface area contributed by atoms with E-state index in [2.05, 4.69) is 10.1 Å². The Balaban J connectivity index is 1.82. The second kappa shape index (κ2) is 5.34. The summed E-state index contributed by atoms with van der Waals surface area (Å²) in [5.41, 5.74) is 8.28. The zero-order valence-corrected chi connectivity index (χ0v) is 11.1. The van der Waals surface area contributed by atoms with E-state index in [9.17, 15) is 5.11 Å². The van der Waals surface area contributed by atoms with Gasteiger partial charge in [0.05, 0.1) is 11.0 Å². The predicted molar refractivity (Wildman–Crippen MR) is 76.9 cm³/mol. The van der Waals surface area contributed by atoms with Crippen LogP contribution in [-0.2, 0) is 19.7 Å². The molecular weight excluding hydrogens is 254 g/mol. The first kappa shape index (κ1) is 12.7. The molecule has 0 fully saturated rings. The molecule has 1 aromatic carbocycles. The van der Waals surface area contributed by atoms with Crippen molar-refractivity contribution in [2.45, 2.75) is 26.1 Å². The first-order valence-electron chi connectivity index (χ1n) is 6.61. The molecule has 0 aliphatic carbocycles. The second-order valence-electron chi connectivity index (χ2n) is 4.71. The van der Waals surface area contributed by atoms with Gasteiger partial charge in [-0.2, -0.15) is 5.10 Å². The second-order valence-corrected chi connectivity index (χ2v) is 4.71. The summed E-state index contributed by atoms with van der Waals surface area (Å²) >= 11 is 0. The van der Waals surface area contributed by atoms with Crippen molar-refractivity contribution in [2.75, 3.05) is 5.73 Å². The van der Waals surface area contributed by atoms with Gasteiger partial charge in [0, 0.05) is 31.2 Å². The first-order valence-corrected chi connectivity index (χ1v) is 6.61. The maximum atomic E-state index is 9.44. The Morgan fingerprint density at radius 2 is 2.15 bits per heavy atom. The van der Waals surface area contributed by atoms with Gasteiger partial charge in [0.2, 0.25) is 0 Å². The molecule has 0 bridgehead atoms. The molecule has 6 nitrogen and oxygen atoms in total. The average Bonchev–Trinajstić information content (AvgIpc) is 3.06. The molecule has 6 heteroatoms. The van der Waals surface area contributed by atoms with E-state index in [0.717, 1.165) is 30.5 Å². The number of hydrogen-bond acceptors (Lipinski definition) is 4. The summed E-state index contributed by atoms with van der Waals surface area (Å²) in [6, 6.07) is 7.55. The Morgan fingerprint density at radius 3 is 2.90 bits per heavy atom. The highest BCUT2D eigenvalue weighted by Crippen LogP contribution is 2.19. The van der Waals surface area contributed by atoms with Crippen LogP contribution in [-0.4, -0.2) is 24.4 Å². The standard InChI is InChI=1S/C14H17N5O/c15-11-3-4-13-12(9-11)17-14(10-20)19(13)8-2-7-18-6-1-5-16-18/h1,3-6,9,20H,2,7-8,10,15H2. The zero-order chi connectivity index (χ0) is 13.9. The number of nitrogen functional groups attached to an aromatic ring is 1. The molecule has 104 valence electrons. The molecule has 0 spiro atoms. The number of fused-ring (bicyclic) bond motifs is 1. The van der Waals surface area contributed by atoms with Crippen molar-refractivity contribution in [2.24, 2.45) is 0 Å². The van der Waals surface area contributed by atoms with E-state index in [1.165, 1.54) is 0 Å². The number of benzene rings is 1. The van der Waals surface area contributed by atoms with Gasteiger partial charge in [-0.1, -0.05) is 0 Å². The van der Waals surface area contributed by atoms with Gasteiger partial charge < -0.3 is 15.4 Å². The Kier molecular flexibility index (Phi) is 3.39. The maximum absolute atomic E-state index is 9.44. The van der Waals surface area contributed by atoms with Crippen LogP contribution in [0, 0.1) is 0 Å². The number of imidazole rings is 1. The van der Waals surface area contributed by atoms with Gasteiger partial charge in [-0.15, -0.1) is 0 Å². The van der Waals surface area contributed by atoms with Gasteiger partial charge >= 0.3 is 0 Å². The Morgan fingerprint density at radius 1 is 1.25 bits per heavy atom. The number of aromatic nitrogens is 4. The molecule has 0 aliphatic rings. The van der Waals surface area contributed by atoms with Gasteiger partial charge in [0.1, 0.15) is 12.4 Å². The fourth-order valence-electron chi connectivity index (χ4n) is 2.39. The Bertz CT molecular complexity index is 702. The quantitative estimate of drug-likeness (QED) is 0.687. The minimum atomic E-state index is -0.0731. The SMILES string of the molecule is Nc1ccc2c(c1)nc(CO)n2CCCn1cccn1. The first-order chi connectivity index (χ1) is 9.78. The third kappa shape index (κ3) is 2.37. The molecule has 3 aromatic rings. The van der Waals surface area contributed by atoms with E-state index in [0.29, 0.717) is 11.5 Å². The van der Waals surface area contributed by atoms with E-state index in [-0.39, 0.29) is 6.61 Å². The molecule has 0 atom stereocenters. The average molecular weight is 271 g/mol. The molecule has 0 unspecified atom stereocenters. The van der Waals surface area contributed by atoms with Gasteiger partial charge in [-0.25, -0.2) is 4.98 Å². The summed E-state index contributed by atoms with van der Waals surface area (Å²) in [5, 5.41) is 13.6. The number of aryl methyl sites for hydroxylation is 2. The molecule has 20 heavy (non-hydrogen) atoms. The van der Waals surface area contributed by atoms with Crippen LogP contribution in [0.2, 0.25) is 0 Å². The van der Waals surface area contributed by atoms with E-state index in [1.54, 1.807) is 6.20 Å². The van der Waals surface area contributed by atoms with Crippen molar-refractivity contribution in [1.29, 1.82) is 0 Å². The highest BCUT2D eigenvalue weighted by atomic mass is 16.3. The topological polar surface area (TPSA) is 81.9 Å². The monoisotopic (exact) mass is 271 g/mol. The number of hydrogen-bond donors (Lipinski definition) is 2. The lowest BCUT2D eigenvalue weighted by Gasteiger charge is -2.08. The lowest BCUT2D eigenvalue weighted by Crippen LogP contribution is -2.07. The molecule has 0 saturated heterocycles. The van der Waals surface area contributed by atoms with Crippen molar-refractivity contribution in [3.05, 3.63) is 42.5 Å². The van der Waals surface area contributed by atoms with Crippen LogP contribution < -0.4 is 5.73 Å². The van der Waals surface area contributed by atoms with Crippen LogP contribution in [0.4, 0.5) is 5.69 Å². The lowest BCUT2D eigenvalue weighted by atomic mass is 10.3. The highest BCUT2D eigenvalue weighted by molar-refractivity contribution is 5.79. The van der Waals surface area contributed by atoms with Crippen molar-refractivity contribution in [3.63, 3.8) is 0 Å². The Hall–Kier alpha value is -2.34. The van der Waals surface area contributed by atoms with Gasteiger partial charge in [0.25, 0.3) is 0 Å². The summed E-state index contributed by atoms with van der Waals surface area (Å²) in [4.78, 5) is 4.42. The number of aliphatic hydroxyl groups is 1. The molecule has 3 rings (SSSR count). The number of rotatable bonds is 5. The minimum Gasteiger partial charge on any atom is -0.399 e. The molecule has 2 heterocycles. The highest BCUT2D eigenvalue weighted by Gasteiger charge is 2.09. The fourth-order valence-corrected chi connectivity index (χ4v) is 2.39. The summed E-state index contributed by atoms with van der Waals surface area (Å²) in [5.74, 6) is 0.672. The molecule has 3 N–H and O–H groups in total. The van der Waals surface area contributed by atoms with Crippen molar-refractivity contribution in [1.82, 2.24) is 19.3 Å². The molecule has 0 radical (unpaired) electrons. The van der Waals surface area contributed by atoms with Gasteiger partial charge in [-0.3, -0.25) is 4.68 Å². The summed E-state index contributed by atoms with van der Waals surface area (Å²) in [7, 11) is 0. The largest absolute Gasteiger partial charge is 0.399 e. The van der Waals surface area contributed by atoms with E-state index in [4.69, 9.17) is 5.73 Å². The maximum Gasteiger partial charge on any atom is 0.135 e. The number of anilines is 1. The van der Waals surface area contributed by atoms with Crippen LogP contribution in [0.3, 0.4) is 0 Å². The summed E-state index contributed by atoms with van der Waals surface area (Å²) in [6.07, 6.45) is 4.64. The number of aliphatic hydroxyl groups excluding tert-OH is 1. The molecular formula is C14H17N5O. The normalized spacial score (nSPS) is 11.2. The van der Waals surface area contributed by atoms with Crippen LogP contribution in [0.1, 0.15) is 12.2 Å². The van der Waals surface area contributed by atoms with Crippen LogP contribution >= 0.6 is 0 Å². The molecule has 2 aromatic heterocycles. The minimum absolute atomic E-state index is 0.0731.